The zero-order chi connectivity index (χ0) is 11.4. The predicted octanol–water partition coefficient (Wildman–Crippen LogP) is 2.77. The fourth-order valence-corrected chi connectivity index (χ4v) is 2.47. The van der Waals surface area contributed by atoms with Crippen LogP contribution < -0.4 is 10.1 Å². The summed E-state index contributed by atoms with van der Waals surface area (Å²) >= 11 is 0. The van der Waals surface area contributed by atoms with E-state index in [1.54, 1.807) is 0 Å². The molecule has 1 aromatic carbocycles. The lowest BCUT2D eigenvalue weighted by molar-refractivity contribution is 0.177. The third-order valence-corrected chi connectivity index (χ3v) is 3.46. The maximum Gasteiger partial charge on any atom is 0.122 e. The summed E-state index contributed by atoms with van der Waals surface area (Å²) < 4.78 is 6.14. The Bertz CT molecular complexity index is 337. The van der Waals surface area contributed by atoms with Crippen LogP contribution in [0.3, 0.4) is 0 Å². The summed E-state index contributed by atoms with van der Waals surface area (Å²) in [7, 11) is 2.03. The van der Waals surface area contributed by atoms with Gasteiger partial charge < -0.3 is 10.1 Å². The number of ether oxygens (including phenoxy) is 1. The molecule has 0 aliphatic heterocycles. The van der Waals surface area contributed by atoms with Crippen LogP contribution in [0.5, 0.6) is 5.75 Å². The number of hydrogen-bond acceptors (Lipinski definition) is 2. The van der Waals surface area contributed by atoms with Crippen molar-refractivity contribution in [3.8, 4) is 5.75 Å². The van der Waals surface area contributed by atoms with Gasteiger partial charge in [0.2, 0.25) is 0 Å². The van der Waals surface area contributed by atoms with Crippen molar-refractivity contribution in [1.82, 2.24) is 5.32 Å². The van der Waals surface area contributed by atoms with Gasteiger partial charge >= 0.3 is 0 Å². The van der Waals surface area contributed by atoms with Gasteiger partial charge in [-0.25, -0.2) is 0 Å². The quantitative estimate of drug-likeness (QED) is 0.840. The van der Waals surface area contributed by atoms with Crippen LogP contribution in [-0.4, -0.2) is 19.2 Å². The van der Waals surface area contributed by atoms with Crippen LogP contribution in [0.4, 0.5) is 0 Å². The first-order valence-corrected chi connectivity index (χ1v) is 6.27. The van der Waals surface area contributed by atoms with Crippen molar-refractivity contribution >= 4 is 0 Å². The number of hydrogen-bond donors (Lipinski definition) is 1. The van der Waals surface area contributed by atoms with Gasteiger partial charge in [-0.05, 0) is 44.4 Å². The summed E-state index contributed by atoms with van der Waals surface area (Å²) in [6.07, 6.45) is 5.05. The molecule has 1 saturated carbocycles. The highest BCUT2D eigenvalue weighted by molar-refractivity contribution is 5.33. The summed E-state index contributed by atoms with van der Waals surface area (Å²) in [6.45, 7) is 2.17. The normalized spacial score (nSPS) is 24.6. The highest BCUT2D eigenvalue weighted by atomic mass is 16.5. The lowest BCUT2D eigenvalue weighted by Crippen LogP contribution is -2.36. The number of nitrogens with one attached hydrogen (secondary N) is 1. The van der Waals surface area contributed by atoms with E-state index in [1.165, 1.54) is 24.8 Å². The van der Waals surface area contributed by atoms with Crippen molar-refractivity contribution in [2.45, 2.75) is 44.8 Å². The standard InChI is InChI=1S/C14H21NO/c1-3-11-7-4-5-9-13(11)16-14-10-6-8-12(14)15-2/h4-5,7,9,12,14-15H,3,6,8,10H2,1-2H3. The van der Waals surface area contributed by atoms with Gasteiger partial charge in [0.25, 0.3) is 0 Å². The molecule has 2 heteroatoms. The SMILES string of the molecule is CCc1ccccc1OC1CCCC1NC. The molecule has 0 saturated heterocycles. The Kier molecular flexibility index (Phi) is 3.83. The first kappa shape index (κ1) is 11.5. The van der Waals surface area contributed by atoms with Crippen molar-refractivity contribution in [2.24, 2.45) is 0 Å². The molecule has 0 bridgehead atoms. The van der Waals surface area contributed by atoms with Crippen LogP contribution in [0.2, 0.25) is 0 Å². The van der Waals surface area contributed by atoms with Crippen molar-refractivity contribution in [3.63, 3.8) is 0 Å². The first-order chi connectivity index (χ1) is 7.85. The van der Waals surface area contributed by atoms with E-state index in [0.717, 1.165) is 12.2 Å². The average molecular weight is 219 g/mol. The Morgan fingerprint density at radius 1 is 1.31 bits per heavy atom. The third kappa shape index (κ3) is 2.38. The Balaban J connectivity index is 2.08. The van der Waals surface area contributed by atoms with Gasteiger partial charge in [-0.1, -0.05) is 25.1 Å². The zero-order valence-electron chi connectivity index (χ0n) is 10.2. The topological polar surface area (TPSA) is 21.3 Å². The minimum absolute atomic E-state index is 0.345. The molecule has 2 atom stereocenters. The van der Waals surface area contributed by atoms with Gasteiger partial charge in [0.1, 0.15) is 11.9 Å². The molecule has 0 amide bonds. The highest BCUT2D eigenvalue weighted by Crippen LogP contribution is 2.27. The van der Waals surface area contributed by atoms with Crippen molar-refractivity contribution in [1.29, 1.82) is 0 Å². The summed E-state index contributed by atoms with van der Waals surface area (Å²) in [4.78, 5) is 0. The molecule has 0 aromatic heterocycles. The number of para-hydroxylation sites is 1. The van der Waals surface area contributed by atoms with Crippen LogP contribution in [0.25, 0.3) is 0 Å². The molecular formula is C14H21NO. The molecule has 1 fully saturated rings. The summed E-state index contributed by atoms with van der Waals surface area (Å²) in [6, 6.07) is 8.89. The summed E-state index contributed by atoms with van der Waals surface area (Å²) in [5, 5.41) is 3.35. The van der Waals surface area contributed by atoms with E-state index in [2.05, 4.69) is 36.5 Å². The van der Waals surface area contributed by atoms with E-state index in [0.29, 0.717) is 12.1 Å². The highest BCUT2D eigenvalue weighted by Gasteiger charge is 2.27. The molecule has 0 spiro atoms. The van der Waals surface area contributed by atoms with Crippen molar-refractivity contribution in [2.75, 3.05) is 7.05 Å². The maximum absolute atomic E-state index is 6.14. The Labute approximate surface area is 98.0 Å². The molecule has 2 nitrogen and oxygen atoms in total. The molecule has 1 N–H and O–H groups in total. The Morgan fingerprint density at radius 3 is 2.88 bits per heavy atom. The molecule has 16 heavy (non-hydrogen) atoms. The Morgan fingerprint density at radius 2 is 2.12 bits per heavy atom. The van der Waals surface area contributed by atoms with Crippen molar-refractivity contribution < 1.29 is 4.74 Å². The van der Waals surface area contributed by atoms with Crippen LogP contribution in [0.15, 0.2) is 24.3 Å². The second-order valence-corrected chi connectivity index (χ2v) is 4.44. The van der Waals surface area contributed by atoms with Crippen molar-refractivity contribution in [3.05, 3.63) is 29.8 Å². The fraction of sp³-hybridized carbons (Fsp3) is 0.571. The van der Waals surface area contributed by atoms with E-state index in [-0.39, 0.29) is 0 Å². The van der Waals surface area contributed by atoms with Gasteiger partial charge in [0.05, 0.1) is 0 Å². The van der Waals surface area contributed by atoms with Gasteiger partial charge in [-0.15, -0.1) is 0 Å². The molecule has 1 aliphatic carbocycles. The average Bonchev–Trinajstić information content (AvgIpc) is 2.77. The fourth-order valence-electron chi connectivity index (χ4n) is 2.47. The summed E-state index contributed by atoms with van der Waals surface area (Å²) in [5.41, 5.74) is 1.31. The van der Waals surface area contributed by atoms with E-state index in [1.807, 2.05) is 7.05 Å². The van der Waals surface area contributed by atoms with Crippen LogP contribution in [-0.2, 0) is 6.42 Å². The van der Waals surface area contributed by atoms with Gasteiger partial charge in [0.15, 0.2) is 0 Å². The van der Waals surface area contributed by atoms with Gasteiger partial charge in [-0.3, -0.25) is 0 Å². The van der Waals surface area contributed by atoms with E-state index < -0.39 is 0 Å². The van der Waals surface area contributed by atoms with Crippen LogP contribution >= 0.6 is 0 Å². The third-order valence-electron chi connectivity index (χ3n) is 3.46. The molecule has 88 valence electrons. The molecule has 2 unspecified atom stereocenters. The van der Waals surface area contributed by atoms with Crippen LogP contribution in [0.1, 0.15) is 31.7 Å². The van der Waals surface area contributed by atoms with Gasteiger partial charge in [0, 0.05) is 6.04 Å². The lowest BCUT2D eigenvalue weighted by atomic mass is 10.1. The predicted molar refractivity (Wildman–Crippen MR) is 66.9 cm³/mol. The van der Waals surface area contributed by atoms with Crippen LogP contribution in [0, 0.1) is 0 Å². The van der Waals surface area contributed by atoms with Gasteiger partial charge in [-0.2, -0.15) is 0 Å². The van der Waals surface area contributed by atoms with E-state index >= 15 is 0 Å². The minimum atomic E-state index is 0.345. The second kappa shape index (κ2) is 5.35. The smallest absolute Gasteiger partial charge is 0.122 e. The number of rotatable bonds is 4. The molecule has 1 aliphatic rings. The zero-order valence-corrected chi connectivity index (χ0v) is 10.2. The second-order valence-electron chi connectivity index (χ2n) is 4.44. The molecular weight excluding hydrogens is 198 g/mol. The molecule has 1 aromatic rings. The summed E-state index contributed by atoms with van der Waals surface area (Å²) in [5.74, 6) is 1.07. The maximum atomic E-state index is 6.14. The molecule has 2 rings (SSSR count). The molecule has 0 radical (unpaired) electrons. The first-order valence-electron chi connectivity index (χ1n) is 6.27. The monoisotopic (exact) mass is 219 g/mol. The molecule has 0 heterocycles. The number of likely N-dealkylation sites (N-methyl/N-ethyl adjacent to an activating group) is 1. The minimum Gasteiger partial charge on any atom is -0.489 e. The number of aryl methyl sites for hydroxylation is 1. The Hall–Kier alpha value is -1.02. The van der Waals surface area contributed by atoms with E-state index in [4.69, 9.17) is 4.74 Å². The van der Waals surface area contributed by atoms with E-state index in [9.17, 15) is 0 Å². The largest absolute Gasteiger partial charge is 0.489 e. The lowest BCUT2D eigenvalue weighted by Gasteiger charge is -2.22. The number of benzene rings is 1.